The molecular weight excluding hydrogens is 160 g/mol. The Morgan fingerprint density at radius 2 is 2.23 bits per heavy atom. The van der Waals surface area contributed by atoms with Gasteiger partial charge in [0.2, 0.25) is 0 Å². The van der Waals surface area contributed by atoms with Crippen molar-refractivity contribution < 1.29 is 0 Å². The summed E-state index contributed by atoms with van der Waals surface area (Å²) in [7, 11) is 0. The first-order chi connectivity index (χ1) is 6.27. The number of rotatable bonds is 2. The fourth-order valence-corrected chi connectivity index (χ4v) is 1.63. The highest BCUT2D eigenvalue weighted by Gasteiger charge is 2.04. The second-order valence-corrected chi connectivity index (χ2v) is 3.81. The summed E-state index contributed by atoms with van der Waals surface area (Å²) in [5, 5.41) is 0. The van der Waals surface area contributed by atoms with Gasteiger partial charge in [-0.05, 0) is 24.0 Å². The van der Waals surface area contributed by atoms with Crippen LogP contribution >= 0.6 is 0 Å². The summed E-state index contributed by atoms with van der Waals surface area (Å²) in [6.45, 7) is 4.46. The van der Waals surface area contributed by atoms with Crippen molar-refractivity contribution in [3.05, 3.63) is 30.1 Å². The smallest absolute Gasteiger partial charge is 0.0931 e. The third-order valence-electron chi connectivity index (χ3n) is 2.16. The van der Waals surface area contributed by atoms with Crippen LogP contribution in [0.4, 0.5) is 0 Å². The first kappa shape index (κ1) is 8.30. The van der Waals surface area contributed by atoms with Gasteiger partial charge in [0.15, 0.2) is 0 Å². The summed E-state index contributed by atoms with van der Waals surface area (Å²) in [4.78, 5) is 7.44. The Balaban J connectivity index is 2.48. The molecule has 0 aliphatic heterocycles. The number of imidazole rings is 1. The Kier molecular flexibility index (Phi) is 2.05. The zero-order valence-corrected chi connectivity index (χ0v) is 8.04. The number of nitrogens with one attached hydrogen (secondary N) is 1. The maximum Gasteiger partial charge on any atom is 0.0931 e. The number of aromatic amines is 1. The van der Waals surface area contributed by atoms with E-state index >= 15 is 0 Å². The summed E-state index contributed by atoms with van der Waals surface area (Å²) in [6.07, 6.45) is 2.86. The first-order valence-electron chi connectivity index (χ1n) is 4.68. The molecule has 0 radical (unpaired) electrons. The molecule has 13 heavy (non-hydrogen) atoms. The molecule has 0 fully saturated rings. The van der Waals surface area contributed by atoms with Crippen LogP contribution in [0.3, 0.4) is 0 Å². The Hall–Kier alpha value is -1.31. The summed E-state index contributed by atoms with van der Waals surface area (Å²) in [5.74, 6) is 0.683. The van der Waals surface area contributed by atoms with Crippen LogP contribution in [0.25, 0.3) is 11.0 Å². The lowest BCUT2D eigenvalue weighted by molar-refractivity contribution is 0.649. The zero-order chi connectivity index (χ0) is 9.26. The van der Waals surface area contributed by atoms with Crippen molar-refractivity contribution in [2.75, 3.05) is 0 Å². The van der Waals surface area contributed by atoms with Gasteiger partial charge in [0.1, 0.15) is 0 Å². The monoisotopic (exact) mass is 174 g/mol. The molecule has 68 valence electrons. The highest BCUT2D eigenvalue weighted by atomic mass is 14.9. The topological polar surface area (TPSA) is 28.7 Å². The molecule has 0 aliphatic carbocycles. The number of fused-ring (bicyclic) bond motifs is 1. The molecule has 2 heteroatoms. The number of hydrogen-bond acceptors (Lipinski definition) is 1. The first-order valence-corrected chi connectivity index (χ1v) is 4.68. The maximum atomic E-state index is 4.32. The van der Waals surface area contributed by atoms with Crippen molar-refractivity contribution in [2.45, 2.75) is 20.3 Å². The van der Waals surface area contributed by atoms with Gasteiger partial charge in [-0.15, -0.1) is 0 Å². The molecule has 0 saturated heterocycles. The van der Waals surface area contributed by atoms with Crippen LogP contribution < -0.4 is 0 Å². The minimum Gasteiger partial charge on any atom is -0.345 e. The van der Waals surface area contributed by atoms with Crippen molar-refractivity contribution in [3.8, 4) is 0 Å². The van der Waals surface area contributed by atoms with E-state index in [1.54, 1.807) is 6.33 Å². The molecule has 0 bridgehead atoms. The van der Waals surface area contributed by atoms with Gasteiger partial charge in [-0.2, -0.15) is 0 Å². The molecule has 1 heterocycles. The molecule has 0 atom stereocenters. The van der Waals surface area contributed by atoms with Gasteiger partial charge in [0.05, 0.1) is 17.4 Å². The minimum absolute atomic E-state index is 0.683. The van der Waals surface area contributed by atoms with E-state index < -0.39 is 0 Å². The van der Waals surface area contributed by atoms with E-state index in [2.05, 4.69) is 42.0 Å². The van der Waals surface area contributed by atoms with Gasteiger partial charge in [-0.1, -0.05) is 26.0 Å². The Bertz CT molecular complexity index is 401. The van der Waals surface area contributed by atoms with Crippen LogP contribution in [-0.2, 0) is 6.42 Å². The number of nitrogens with zero attached hydrogens (tertiary/aromatic N) is 1. The fraction of sp³-hybridized carbons (Fsp3) is 0.364. The zero-order valence-electron chi connectivity index (χ0n) is 8.04. The predicted octanol–water partition coefficient (Wildman–Crippen LogP) is 2.76. The van der Waals surface area contributed by atoms with Crippen LogP contribution in [-0.4, -0.2) is 9.97 Å². The number of H-pyrrole nitrogens is 1. The molecular formula is C11H14N2. The lowest BCUT2D eigenvalue weighted by atomic mass is 10.0. The van der Waals surface area contributed by atoms with E-state index in [1.165, 1.54) is 5.56 Å². The number of aromatic nitrogens is 2. The molecule has 2 nitrogen and oxygen atoms in total. The van der Waals surface area contributed by atoms with E-state index in [9.17, 15) is 0 Å². The average Bonchev–Trinajstić information content (AvgIpc) is 2.51. The quantitative estimate of drug-likeness (QED) is 0.745. The second-order valence-electron chi connectivity index (χ2n) is 3.81. The van der Waals surface area contributed by atoms with Gasteiger partial charge in [0, 0.05) is 0 Å². The molecule has 0 aliphatic rings. The second kappa shape index (κ2) is 3.21. The van der Waals surface area contributed by atoms with Crippen molar-refractivity contribution in [1.82, 2.24) is 9.97 Å². The van der Waals surface area contributed by atoms with Gasteiger partial charge in [-0.3, -0.25) is 0 Å². The molecule has 1 aromatic heterocycles. The molecule has 0 saturated carbocycles. The minimum atomic E-state index is 0.683. The van der Waals surface area contributed by atoms with Crippen LogP contribution in [0.15, 0.2) is 24.5 Å². The number of para-hydroxylation sites is 1. The Morgan fingerprint density at radius 1 is 1.38 bits per heavy atom. The highest BCUT2D eigenvalue weighted by molar-refractivity contribution is 5.78. The van der Waals surface area contributed by atoms with Gasteiger partial charge < -0.3 is 4.98 Å². The number of hydrogen-bond donors (Lipinski definition) is 1. The van der Waals surface area contributed by atoms with Crippen LogP contribution in [0.5, 0.6) is 0 Å². The standard InChI is InChI=1S/C11H14N2/c1-8(2)6-9-4-3-5-10-11(9)13-7-12-10/h3-5,7-8H,6H2,1-2H3,(H,12,13). The maximum absolute atomic E-state index is 4.32. The van der Waals surface area contributed by atoms with E-state index in [-0.39, 0.29) is 0 Å². The average molecular weight is 174 g/mol. The molecule has 0 amide bonds. The van der Waals surface area contributed by atoms with E-state index in [4.69, 9.17) is 0 Å². The lowest BCUT2D eigenvalue weighted by Crippen LogP contribution is -1.94. The van der Waals surface area contributed by atoms with Crippen LogP contribution in [0.1, 0.15) is 19.4 Å². The van der Waals surface area contributed by atoms with E-state index in [0.29, 0.717) is 5.92 Å². The molecule has 1 N–H and O–H groups in total. The van der Waals surface area contributed by atoms with Crippen molar-refractivity contribution in [3.63, 3.8) is 0 Å². The molecule has 0 unspecified atom stereocenters. The Labute approximate surface area is 78.0 Å². The summed E-state index contributed by atoms with van der Waals surface area (Å²) >= 11 is 0. The van der Waals surface area contributed by atoms with Crippen LogP contribution in [0, 0.1) is 5.92 Å². The van der Waals surface area contributed by atoms with E-state index in [0.717, 1.165) is 17.5 Å². The summed E-state index contributed by atoms with van der Waals surface area (Å²) < 4.78 is 0. The fourth-order valence-electron chi connectivity index (χ4n) is 1.63. The predicted molar refractivity (Wildman–Crippen MR) is 54.6 cm³/mol. The van der Waals surface area contributed by atoms with Gasteiger partial charge in [-0.25, -0.2) is 4.98 Å². The molecule has 2 rings (SSSR count). The van der Waals surface area contributed by atoms with Gasteiger partial charge in [0.25, 0.3) is 0 Å². The van der Waals surface area contributed by atoms with Crippen molar-refractivity contribution in [1.29, 1.82) is 0 Å². The molecule has 2 aromatic rings. The SMILES string of the molecule is CC(C)Cc1cccc2[nH]cnc12. The van der Waals surface area contributed by atoms with Crippen molar-refractivity contribution >= 4 is 11.0 Å². The third-order valence-corrected chi connectivity index (χ3v) is 2.16. The molecule has 1 aromatic carbocycles. The van der Waals surface area contributed by atoms with Crippen LogP contribution in [0.2, 0.25) is 0 Å². The van der Waals surface area contributed by atoms with Gasteiger partial charge >= 0.3 is 0 Å². The van der Waals surface area contributed by atoms with E-state index in [1.807, 2.05) is 0 Å². The summed E-state index contributed by atoms with van der Waals surface area (Å²) in [6, 6.07) is 6.30. The largest absolute Gasteiger partial charge is 0.345 e. The third kappa shape index (κ3) is 1.57. The Morgan fingerprint density at radius 3 is 3.00 bits per heavy atom. The van der Waals surface area contributed by atoms with Crippen molar-refractivity contribution in [2.24, 2.45) is 5.92 Å². The lowest BCUT2D eigenvalue weighted by Gasteiger charge is -2.04. The summed E-state index contributed by atoms with van der Waals surface area (Å²) in [5.41, 5.74) is 3.60. The molecule has 0 spiro atoms. The number of benzene rings is 1. The normalized spacial score (nSPS) is 11.3. The highest BCUT2D eigenvalue weighted by Crippen LogP contribution is 2.17.